The largest absolute Gasteiger partial charge is 0.478 e. The second kappa shape index (κ2) is 6.21. The lowest BCUT2D eigenvalue weighted by Gasteiger charge is -2.10. The normalized spacial score (nSPS) is 11.0. The Kier molecular flexibility index (Phi) is 4.51. The van der Waals surface area contributed by atoms with E-state index in [1.54, 1.807) is 19.1 Å². The second-order valence-corrected chi connectivity index (χ2v) is 6.71. The van der Waals surface area contributed by atoms with Crippen molar-refractivity contribution in [2.45, 2.75) is 18.7 Å². The molecule has 7 heteroatoms. The topological polar surface area (TPSA) is 101 Å². The summed E-state index contributed by atoms with van der Waals surface area (Å²) >= 11 is 0. The van der Waals surface area contributed by atoms with Gasteiger partial charge in [0.25, 0.3) is 10.0 Å². The molecule has 0 amide bonds. The average molecular weight is 333 g/mol. The fourth-order valence-electron chi connectivity index (χ4n) is 2.01. The summed E-state index contributed by atoms with van der Waals surface area (Å²) in [7, 11) is -3.95. The number of carboxylic acid groups (broad SMARTS) is 1. The van der Waals surface area contributed by atoms with Crippen molar-refractivity contribution < 1.29 is 23.1 Å². The Bertz CT molecular complexity index is 887. The fraction of sp³-hybridized carbons (Fsp3) is 0.125. The van der Waals surface area contributed by atoms with Gasteiger partial charge in [0.15, 0.2) is 5.78 Å². The van der Waals surface area contributed by atoms with Crippen molar-refractivity contribution >= 4 is 27.5 Å². The summed E-state index contributed by atoms with van der Waals surface area (Å²) in [6.45, 7) is 2.97. The lowest BCUT2D eigenvalue weighted by atomic mass is 10.1. The van der Waals surface area contributed by atoms with Gasteiger partial charge in [-0.15, -0.1) is 0 Å². The number of sulfonamides is 1. The van der Waals surface area contributed by atoms with Gasteiger partial charge in [0.1, 0.15) is 0 Å². The maximum Gasteiger partial charge on any atom is 0.335 e. The number of ketones is 1. The summed E-state index contributed by atoms with van der Waals surface area (Å²) in [6.07, 6.45) is 0. The van der Waals surface area contributed by atoms with Gasteiger partial charge in [-0.3, -0.25) is 9.52 Å². The number of carbonyl (C=O) groups excluding carboxylic acids is 1. The molecule has 0 heterocycles. The van der Waals surface area contributed by atoms with E-state index in [0.29, 0.717) is 11.1 Å². The van der Waals surface area contributed by atoms with Crippen molar-refractivity contribution in [1.29, 1.82) is 0 Å². The Morgan fingerprint density at radius 3 is 2.39 bits per heavy atom. The van der Waals surface area contributed by atoms with Gasteiger partial charge in [0.2, 0.25) is 0 Å². The van der Waals surface area contributed by atoms with Crippen molar-refractivity contribution in [1.82, 2.24) is 0 Å². The standard InChI is InChI=1S/C16H15NO5S/c1-10-6-7-14(9-15(10)16(19)20)23(21,22)17-13-5-3-4-12(8-13)11(2)18/h3-9,17H,1-2H3,(H,19,20). The number of nitrogens with one attached hydrogen (secondary N) is 1. The van der Waals surface area contributed by atoms with E-state index in [-0.39, 0.29) is 21.9 Å². The van der Waals surface area contributed by atoms with Gasteiger partial charge in [0.05, 0.1) is 10.5 Å². The summed E-state index contributed by atoms with van der Waals surface area (Å²) in [5, 5.41) is 9.09. The van der Waals surface area contributed by atoms with E-state index in [2.05, 4.69) is 4.72 Å². The van der Waals surface area contributed by atoms with E-state index in [1.807, 2.05) is 0 Å². The molecule has 0 saturated carbocycles. The minimum atomic E-state index is -3.95. The number of hydrogen-bond donors (Lipinski definition) is 2. The van der Waals surface area contributed by atoms with Gasteiger partial charge in [-0.05, 0) is 43.7 Å². The number of benzene rings is 2. The van der Waals surface area contributed by atoms with Crippen molar-refractivity contribution in [3.8, 4) is 0 Å². The Labute approximate surface area is 133 Å². The maximum atomic E-state index is 12.4. The zero-order valence-corrected chi connectivity index (χ0v) is 13.3. The molecule has 6 nitrogen and oxygen atoms in total. The number of rotatable bonds is 5. The molecule has 0 fully saturated rings. The molecule has 0 aromatic heterocycles. The van der Waals surface area contributed by atoms with Crippen LogP contribution in [0.1, 0.15) is 33.2 Å². The number of hydrogen-bond acceptors (Lipinski definition) is 4. The zero-order valence-electron chi connectivity index (χ0n) is 12.5. The Balaban J connectivity index is 2.40. The van der Waals surface area contributed by atoms with Crippen LogP contribution in [-0.2, 0) is 10.0 Å². The highest BCUT2D eigenvalue weighted by Gasteiger charge is 2.18. The van der Waals surface area contributed by atoms with E-state index in [0.717, 1.165) is 6.07 Å². The highest BCUT2D eigenvalue weighted by Crippen LogP contribution is 2.20. The number of aryl methyl sites for hydroxylation is 1. The van der Waals surface area contributed by atoms with Gasteiger partial charge in [-0.1, -0.05) is 18.2 Å². The first-order valence-corrected chi connectivity index (χ1v) is 8.17. The van der Waals surface area contributed by atoms with Crippen molar-refractivity contribution in [3.05, 3.63) is 59.2 Å². The van der Waals surface area contributed by atoms with Gasteiger partial charge < -0.3 is 5.11 Å². The fourth-order valence-corrected chi connectivity index (χ4v) is 3.09. The first-order chi connectivity index (χ1) is 10.7. The summed E-state index contributed by atoms with van der Waals surface area (Å²) in [5.74, 6) is -1.38. The molecular weight excluding hydrogens is 318 g/mol. The summed E-state index contributed by atoms with van der Waals surface area (Å²) in [5.41, 5.74) is 0.996. The maximum absolute atomic E-state index is 12.4. The predicted molar refractivity (Wildman–Crippen MR) is 85.4 cm³/mol. The van der Waals surface area contributed by atoms with E-state index in [4.69, 9.17) is 5.11 Å². The number of carbonyl (C=O) groups is 2. The molecule has 2 aromatic rings. The van der Waals surface area contributed by atoms with E-state index >= 15 is 0 Å². The van der Waals surface area contributed by atoms with Crippen LogP contribution in [0.3, 0.4) is 0 Å². The molecule has 0 radical (unpaired) electrons. The third-order valence-electron chi connectivity index (χ3n) is 3.27. The molecule has 0 aliphatic heterocycles. The van der Waals surface area contributed by atoms with Crippen molar-refractivity contribution in [2.24, 2.45) is 0 Å². The van der Waals surface area contributed by atoms with Gasteiger partial charge in [-0.2, -0.15) is 0 Å². The SMILES string of the molecule is CC(=O)c1cccc(NS(=O)(=O)c2ccc(C)c(C(=O)O)c2)c1. The molecule has 0 atom stereocenters. The predicted octanol–water partition coefficient (Wildman–Crippen LogP) is 2.70. The molecule has 0 aliphatic carbocycles. The molecule has 0 saturated heterocycles. The molecule has 0 unspecified atom stereocenters. The summed E-state index contributed by atoms with van der Waals surface area (Å²) in [6, 6.07) is 9.95. The average Bonchev–Trinajstić information content (AvgIpc) is 2.46. The third kappa shape index (κ3) is 3.75. The number of carboxylic acids is 1. The molecule has 0 spiro atoms. The molecule has 2 aromatic carbocycles. The van der Waals surface area contributed by atoms with Crippen LogP contribution in [-0.4, -0.2) is 25.3 Å². The van der Waals surface area contributed by atoms with Crippen LogP contribution in [0.5, 0.6) is 0 Å². The lowest BCUT2D eigenvalue weighted by molar-refractivity contribution is 0.0695. The molecule has 120 valence electrons. The third-order valence-corrected chi connectivity index (χ3v) is 4.65. The van der Waals surface area contributed by atoms with Crippen LogP contribution in [0.2, 0.25) is 0 Å². The highest BCUT2D eigenvalue weighted by molar-refractivity contribution is 7.92. The minimum Gasteiger partial charge on any atom is -0.478 e. The molecule has 2 rings (SSSR count). The smallest absolute Gasteiger partial charge is 0.335 e. The van der Waals surface area contributed by atoms with Crippen LogP contribution < -0.4 is 4.72 Å². The van der Waals surface area contributed by atoms with Crippen LogP contribution in [0.25, 0.3) is 0 Å². The van der Waals surface area contributed by atoms with E-state index < -0.39 is 16.0 Å². The lowest BCUT2D eigenvalue weighted by Crippen LogP contribution is -2.14. The molecule has 0 bridgehead atoms. The highest BCUT2D eigenvalue weighted by atomic mass is 32.2. The summed E-state index contributed by atoms with van der Waals surface area (Å²) < 4.78 is 27.1. The Morgan fingerprint density at radius 1 is 1.09 bits per heavy atom. The Hall–Kier alpha value is -2.67. The van der Waals surface area contributed by atoms with Gasteiger partial charge in [-0.25, -0.2) is 13.2 Å². The van der Waals surface area contributed by atoms with Crippen LogP contribution in [0.15, 0.2) is 47.4 Å². The number of Topliss-reactive ketones (excluding diaryl/α,β-unsaturated/α-hetero) is 1. The zero-order chi connectivity index (χ0) is 17.2. The minimum absolute atomic E-state index is 0.0784. The number of anilines is 1. The molecule has 2 N–H and O–H groups in total. The van der Waals surface area contributed by atoms with E-state index in [1.165, 1.54) is 31.2 Å². The molecule has 0 aliphatic rings. The Morgan fingerprint density at radius 2 is 1.78 bits per heavy atom. The van der Waals surface area contributed by atoms with Gasteiger partial charge in [0, 0.05) is 11.3 Å². The quantitative estimate of drug-likeness (QED) is 0.819. The second-order valence-electron chi connectivity index (χ2n) is 5.02. The van der Waals surface area contributed by atoms with Crippen molar-refractivity contribution in [3.63, 3.8) is 0 Å². The molecule has 23 heavy (non-hydrogen) atoms. The monoisotopic (exact) mass is 333 g/mol. The first-order valence-electron chi connectivity index (χ1n) is 6.68. The summed E-state index contributed by atoms with van der Waals surface area (Å²) in [4.78, 5) is 22.3. The first kappa shape index (κ1) is 16.7. The van der Waals surface area contributed by atoms with Gasteiger partial charge >= 0.3 is 5.97 Å². The van der Waals surface area contributed by atoms with Crippen LogP contribution in [0.4, 0.5) is 5.69 Å². The van der Waals surface area contributed by atoms with E-state index in [9.17, 15) is 18.0 Å². The van der Waals surface area contributed by atoms with Crippen LogP contribution in [0, 0.1) is 6.92 Å². The molecular formula is C16H15NO5S. The van der Waals surface area contributed by atoms with Crippen molar-refractivity contribution in [2.75, 3.05) is 4.72 Å². The number of aromatic carboxylic acids is 1. The van der Waals surface area contributed by atoms with Crippen LogP contribution >= 0.6 is 0 Å².